The Morgan fingerprint density at radius 3 is 3.23 bits per heavy atom. The number of fused-ring (bicyclic) bond motifs is 1. The summed E-state index contributed by atoms with van der Waals surface area (Å²) in [5.41, 5.74) is 0.978. The topological polar surface area (TPSA) is 52.9 Å². The molecule has 0 aromatic rings. The molecule has 2 aliphatic heterocycles. The fraction of sp³-hybridized carbons (Fsp3) is 0.250. The SMILES string of the molecule is CC1=C(C(=O)O)CN2C=CSC2=N1. The molecule has 4 nitrogen and oxygen atoms in total. The minimum Gasteiger partial charge on any atom is -0.478 e. The van der Waals surface area contributed by atoms with Crippen LogP contribution in [0.3, 0.4) is 0 Å². The second-order valence-corrected chi connectivity index (χ2v) is 3.67. The zero-order valence-electron chi connectivity index (χ0n) is 7.02. The third kappa shape index (κ3) is 1.35. The van der Waals surface area contributed by atoms with Crippen LogP contribution in [0.15, 0.2) is 27.9 Å². The van der Waals surface area contributed by atoms with Crippen LogP contribution in [0.2, 0.25) is 0 Å². The van der Waals surface area contributed by atoms with Gasteiger partial charge in [0.05, 0.1) is 17.8 Å². The maximum absolute atomic E-state index is 10.8. The van der Waals surface area contributed by atoms with Gasteiger partial charge in [-0.15, -0.1) is 0 Å². The van der Waals surface area contributed by atoms with E-state index in [1.54, 1.807) is 6.92 Å². The van der Waals surface area contributed by atoms with Crippen molar-refractivity contribution in [3.8, 4) is 0 Å². The lowest BCUT2D eigenvalue weighted by Crippen LogP contribution is -2.29. The molecule has 0 fully saturated rings. The van der Waals surface area contributed by atoms with E-state index in [9.17, 15) is 4.79 Å². The third-order valence-corrected chi connectivity index (χ3v) is 2.74. The Labute approximate surface area is 79.6 Å². The van der Waals surface area contributed by atoms with Crippen LogP contribution >= 0.6 is 11.8 Å². The van der Waals surface area contributed by atoms with Crippen molar-refractivity contribution >= 4 is 22.9 Å². The molecule has 2 heterocycles. The molecular formula is C8H8N2O2S. The summed E-state index contributed by atoms with van der Waals surface area (Å²) in [4.78, 5) is 16.8. The van der Waals surface area contributed by atoms with Gasteiger partial charge < -0.3 is 10.0 Å². The Kier molecular flexibility index (Phi) is 1.88. The van der Waals surface area contributed by atoms with E-state index in [0.717, 1.165) is 5.17 Å². The Morgan fingerprint density at radius 2 is 2.54 bits per heavy atom. The van der Waals surface area contributed by atoms with Crippen LogP contribution in [0.1, 0.15) is 6.92 Å². The second-order valence-electron chi connectivity index (χ2n) is 2.79. The molecule has 1 N–H and O–H groups in total. The van der Waals surface area contributed by atoms with Crippen molar-refractivity contribution in [1.29, 1.82) is 0 Å². The first kappa shape index (κ1) is 8.37. The maximum Gasteiger partial charge on any atom is 0.335 e. The monoisotopic (exact) mass is 196 g/mol. The Hall–Kier alpha value is -1.23. The first-order valence-corrected chi connectivity index (χ1v) is 4.68. The number of rotatable bonds is 1. The zero-order valence-corrected chi connectivity index (χ0v) is 7.84. The van der Waals surface area contributed by atoms with Crippen LogP contribution in [0.5, 0.6) is 0 Å². The molecule has 0 aliphatic carbocycles. The molecule has 68 valence electrons. The van der Waals surface area contributed by atoms with Crippen molar-refractivity contribution in [2.45, 2.75) is 6.92 Å². The van der Waals surface area contributed by atoms with Crippen LogP contribution in [-0.2, 0) is 4.79 Å². The van der Waals surface area contributed by atoms with Gasteiger partial charge in [0.25, 0.3) is 0 Å². The predicted molar refractivity (Wildman–Crippen MR) is 51.2 cm³/mol. The van der Waals surface area contributed by atoms with Gasteiger partial charge in [-0.3, -0.25) is 0 Å². The molecule has 0 aromatic heterocycles. The van der Waals surface area contributed by atoms with Gasteiger partial charge in [-0.1, -0.05) is 11.8 Å². The molecule has 0 unspecified atom stereocenters. The highest BCUT2D eigenvalue weighted by atomic mass is 32.2. The van der Waals surface area contributed by atoms with E-state index < -0.39 is 5.97 Å². The van der Waals surface area contributed by atoms with Crippen LogP contribution in [0, 0.1) is 0 Å². The number of carboxylic acids is 1. The molecule has 2 rings (SSSR count). The van der Waals surface area contributed by atoms with E-state index in [4.69, 9.17) is 5.11 Å². The van der Waals surface area contributed by atoms with E-state index in [0.29, 0.717) is 17.8 Å². The Morgan fingerprint density at radius 1 is 1.77 bits per heavy atom. The zero-order chi connectivity index (χ0) is 9.42. The molecule has 0 spiro atoms. The lowest BCUT2D eigenvalue weighted by atomic mass is 10.2. The average molecular weight is 196 g/mol. The summed E-state index contributed by atoms with van der Waals surface area (Å²) in [7, 11) is 0. The summed E-state index contributed by atoms with van der Waals surface area (Å²) < 4.78 is 0. The van der Waals surface area contributed by atoms with E-state index in [1.807, 2.05) is 16.5 Å². The largest absolute Gasteiger partial charge is 0.478 e. The maximum atomic E-state index is 10.8. The highest BCUT2D eigenvalue weighted by Gasteiger charge is 2.24. The van der Waals surface area contributed by atoms with Crippen molar-refractivity contribution in [3.05, 3.63) is 22.9 Å². The van der Waals surface area contributed by atoms with E-state index in [2.05, 4.69) is 4.99 Å². The van der Waals surface area contributed by atoms with Crippen LogP contribution in [-0.4, -0.2) is 27.7 Å². The van der Waals surface area contributed by atoms with Crippen molar-refractivity contribution in [1.82, 2.24) is 4.90 Å². The molecule has 0 radical (unpaired) electrons. The van der Waals surface area contributed by atoms with Gasteiger partial charge in [-0.2, -0.15) is 0 Å². The Bertz CT molecular complexity index is 357. The Balaban J connectivity index is 2.35. The fourth-order valence-corrected chi connectivity index (χ4v) is 2.01. The van der Waals surface area contributed by atoms with Crippen molar-refractivity contribution < 1.29 is 9.90 Å². The van der Waals surface area contributed by atoms with Gasteiger partial charge in [-0.25, -0.2) is 9.79 Å². The number of thioether (sulfide) groups is 1. The summed E-state index contributed by atoms with van der Waals surface area (Å²) in [6.45, 7) is 2.15. The molecule has 0 atom stereocenters. The van der Waals surface area contributed by atoms with E-state index in [1.165, 1.54) is 11.8 Å². The molecule has 0 bridgehead atoms. The minimum atomic E-state index is -0.884. The highest BCUT2D eigenvalue weighted by Crippen LogP contribution is 2.26. The summed E-state index contributed by atoms with van der Waals surface area (Å²) in [6, 6.07) is 0. The van der Waals surface area contributed by atoms with Gasteiger partial charge in [0.1, 0.15) is 0 Å². The average Bonchev–Trinajstić information content (AvgIpc) is 2.48. The molecule has 0 saturated carbocycles. The lowest BCUT2D eigenvalue weighted by Gasteiger charge is -2.21. The summed E-state index contributed by atoms with van der Waals surface area (Å²) >= 11 is 1.51. The van der Waals surface area contributed by atoms with Crippen LogP contribution in [0.4, 0.5) is 0 Å². The second kappa shape index (κ2) is 2.92. The van der Waals surface area contributed by atoms with Gasteiger partial charge in [-0.05, 0) is 12.3 Å². The number of hydrogen-bond donors (Lipinski definition) is 1. The number of aliphatic carboxylic acids is 1. The molecule has 0 amide bonds. The third-order valence-electron chi connectivity index (χ3n) is 1.95. The number of carbonyl (C=O) groups is 1. The van der Waals surface area contributed by atoms with Gasteiger partial charge in [0, 0.05) is 6.20 Å². The fourth-order valence-electron chi connectivity index (χ4n) is 1.23. The van der Waals surface area contributed by atoms with Gasteiger partial charge in [0.2, 0.25) is 0 Å². The van der Waals surface area contributed by atoms with E-state index in [-0.39, 0.29) is 0 Å². The van der Waals surface area contributed by atoms with Crippen LogP contribution in [0.25, 0.3) is 0 Å². The number of amidine groups is 1. The standard InChI is InChI=1S/C8H8N2O2S/c1-5-6(7(11)12)4-10-2-3-13-8(10)9-5/h2-3H,4H2,1H3,(H,11,12). The van der Waals surface area contributed by atoms with Crippen molar-refractivity contribution in [2.75, 3.05) is 6.54 Å². The summed E-state index contributed by atoms with van der Waals surface area (Å²) in [5, 5.41) is 11.6. The van der Waals surface area contributed by atoms with E-state index >= 15 is 0 Å². The van der Waals surface area contributed by atoms with Gasteiger partial charge in [0.15, 0.2) is 5.17 Å². The lowest BCUT2D eigenvalue weighted by molar-refractivity contribution is -0.132. The van der Waals surface area contributed by atoms with Gasteiger partial charge >= 0.3 is 5.97 Å². The number of allylic oxidation sites excluding steroid dienone is 1. The first-order valence-electron chi connectivity index (χ1n) is 3.80. The molecule has 0 aromatic carbocycles. The number of hydrogen-bond acceptors (Lipinski definition) is 4. The quantitative estimate of drug-likeness (QED) is 0.685. The van der Waals surface area contributed by atoms with Crippen LogP contribution < -0.4 is 0 Å². The predicted octanol–water partition coefficient (Wildman–Crippen LogP) is 1.23. The van der Waals surface area contributed by atoms with Crippen molar-refractivity contribution in [3.63, 3.8) is 0 Å². The summed E-state index contributed by atoms with van der Waals surface area (Å²) in [5.74, 6) is -0.884. The molecule has 2 aliphatic rings. The number of nitrogens with zero attached hydrogens (tertiary/aromatic N) is 2. The first-order chi connectivity index (χ1) is 6.18. The van der Waals surface area contributed by atoms with Crippen molar-refractivity contribution in [2.24, 2.45) is 4.99 Å². The normalized spacial score (nSPS) is 20.4. The highest BCUT2D eigenvalue weighted by molar-refractivity contribution is 8.16. The number of aliphatic imine (C=N–C) groups is 1. The smallest absolute Gasteiger partial charge is 0.335 e. The molecule has 5 heteroatoms. The molecular weight excluding hydrogens is 188 g/mol. The molecule has 0 saturated heterocycles. The summed E-state index contributed by atoms with van der Waals surface area (Å²) in [6.07, 6.45) is 1.85. The minimum absolute atomic E-state index is 0.371. The molecule has 13 heavy (non-hydrogen) atoms. The number of carboxylic acid groups (broad SMARTS) is 1.